The Kier molecular flexibility index (Phi) is 4.10. The maximum absolute atomic E-state index is 12.0. The average Bonchev–Trinajstić information content (AvgIpc) is 2.41. The van der Waals surface area contributed by atoms with E-state index in [2.05, 4.69) is 0 Å². The summed E-state index contributed by atoms with van der Waals surface area (Å²) in [6.45, 7) is 1.39. The number of hydrogen-bond donors (Lipinski definition) is 0. The van der Waals surface area contributed by atoms with Crippen LogP contribution in [0, 0.1) is 0 Å². The van der Waals surface area contributed by atoms with Gasteiger partial charge in [-0.1, -0.05) is 23.7 Å². The largest absolute Gasteiger partial charge is 0.494 e. The number of amides is 1. The van der Waals surface area contributed by atoms with Crippen molar-refractivity contribution in [1.29, 1.82) is 0 Å². The molecule has 2 rings (SSSR count). The molecule has 0 radical (unpaired) electrons. The van der Waals surface area contributed by atoms with Gasteiger partial charge in [0.1, 0.15) is 19.5 Å². The molecule has 4 nitrogen and oxygen atoms in total. The summed E-state index contributed by atoms with van der Waals surface area (Å²) in [5, 5.41) is 0.680. The first-order valence-corrected chi connectivity index (χ1v) is 5.99. The van der Waals surface area contributed by atoms with Crippen LogP contribution in [0.5, 0.6) is 0 Å². The van der Waals surface area contributed by atoms with E-state index in [1.807, 2.05) is 12.1 Å². The van der Waals surface area contributed by atoms with Gasteiger partial charge in [-0.15, -0.1) is 0 Å². The van der Waals surface area contributed by atoms with Crippen molar-refractivity contribution in [2.45, 2.75) is 6.54 Å². The second-order valence-electron chi connectivity index (χ2n) is 3.99. The van der Waals surface area contributed by atoms with E-state index in [0.29, 0.717) is 24.8 Å². The second kappa shape index (κ2) is 5.78. The smallest absolute Gasteiger partial charge is 0.292 e. The predicted molar refractivity (Wildman–Crippen MR) is 67.9 cm³/mol. The van der Waals surface area contributed by atoms with Gasteiger partial charge in [0.05, 0.1) is 0 Å². The summed E-state index contributed by atoms with van der Waals surface area (Å²) in [4.78, 5) is 13.6. The minimum atomic E-state index is -0.190. The summed E-state index contributed by atoms with van der Waals surface area (Å²) in [6.07, 6.45) is 1.37. The monoisotopic (exact) mass is 267 g/mol. The third-order valence-corrected chi connectivity index (χ3v) is 2.79. The Bertz CT molecular complexity index is 456. The fraction of sp³-hybridized carbons (Fsp3) is 0.308. The molecule has 0 N–H and O–H groups in total. The Labute approximate surface area is 111 Å². The molecule has 5 heteroatoms. The molecule has 0 aromatic heterocycles. The lowest BCUT2D eigenvalue weighted by atomic mass is 10.2. The molecule has 0 saturated carbocycles. The van der Waals surface area contributed by atoms with Crippen LogP contribution in [0.3, 0.4) is 0 Å². The number of carbonyl (C=O) groups excluding carboxylic acids is 1. The van der Waals surface area contributed by atoms with Gasteiger partial charge in [0.15, 0.2) is 0 Å². The molecule has 18 heavy (non-hydrogen) atoms. The molecule has 1 aliphatic rings. The molecule has 96 valence electrons. The maximum atomic E-state index is 12.0. The lowest BCUT2D eigenvalue weighted by Gasteiger charge is -2.21. The van der Waals surface area contributed by atoms with Gasteiger partial charge in [0.25, 0.3) is 5.91 Å². The van der Waals surface area contributed by atoms with Crippen molar-refractivity contribution in [1.82, 2.24) is 4.90 Å². The van der Waals surface area contributed by atoms with Gasteiger partial charge < -0.3 is 14.4 Å². The van der Waals surface area contributed by atoms with E-state index in [-0.39, 0.29) is 11.7 Å². The molecule has 0 fully saturated rings. The van der Waals surface area contributed by atoms with Crippen LogP contribution in [-0.4, -0.2) is 31.1 Å². The number of rotatable bonds is 3. The van der Waals surface area contributed by atoms with Crippen molar-refractivity contribution in [3.8, 4) is 0 Å². The minimum Gasteiger partial charge on any atom is -0.494 e. The number of halogens is 1. The number of hydrogen-bond acceptors (Lipinski definition) is 3. The third kappa shape index (κ3) is 3.17. The Morgan fingerprint density at radius 3 is 2.67 bits per heavy atom. The molecule has 1 aromatic carbocycles. The molecule has 0 bridgehead atoms. The predicted octanol–water partition coefficient (Wildman–Crippen LogP) is 2.19. The molecule has 0 spiro atoms. The maximum Gasteiger partial charge on any atom is 0.292 e. The van der Waals surface area contributed by atoms with Crippen molar-refractivity contribution in [3.63, 3.8) is 0 Å². The van der Waals surface area contributed by atoms with E-state index in [0.717, 1.165) is 5.56 Å². The average molecular weight is 268 g/mol. The number of ether oxygens (including phenoxy) is 2. The van der Waals surface area contributed by atoms with Crippen LogP contribution in [0.1, 0.15) is 5.56 Å². The normalized spacial score (nSPS) is 14.2. The second-order valence-corrected chi connectivity index (χ2v) is 4.43. The van der Waals surface area contributed by atoms with E-state index in [1.165, 1.54) is 6.26 Å². The Morgan fingerprint density at radius 1 is 1.33 bits per heavy atom. The van der Waals surface area contributed by atoms with Crippen molar-refractivity contribution in [3.05, 3.63) is 46.9 Å². The lowest BCUT2D eigenvalue weighted by Crippen LogP contribution is -2.30. The number of nitrogens with zero attached hydrogens (tertiary/aromatic N) is 1. The van der Waals surface area contributed by atoms with Crippen LogP contribution in [0.25, 0.3) is 0 Å². The molecule has 1 aliphatic heterocycles. The Balaban J connectivity index is 1.98. The molecule has 0 saturated heterocycles. The van der Waals surface area contributed by atoms with Crippen LogP contribution in [0.4, 0.5) is 0 Å². The highest BCUT2D eigenvalue weighted by molar-refractivity contribution is 6.30. The van der Waals surface area contributed by atoms with Crippen molar-refractivity contribution < 1.29 is 14.3 Å². The zero-order chi connectivity index (χ0) is 13.0. The van der Waals surface area contributed by atoms with Gasteiger partial charge in [-0.05, 0) is 17.7 Å². The van der Waals surface area contributed by atoms with E-state index in [1.54, 1.807) is 24.1 Å². The molecule has 1 aromatic rings. The van der Waals surface area contributed by atoms with E-state index >= 15 is 0 Å². The topological polar surface area (TPSA) is 38.8 Å². The van der Waals surface area contributed by atoms with Gasteiger partial charge in [0.2, 0.25) is 5.76 Å². The highest BCUT2D eigenvalue weighted by atomic mass is 35.5. The first kappa shape index (κ1) is 12.8. The Hall–Kier alpha value is -1.68. The van der Waals surface area contributed by atoms with Crippen LogP contribution in [0.15, 0.2) is 36.3 Å². The number of carbonyl (C=O) groups is 1. The summed E-state index contributed by atoms with van der Waals surface area (Å²) < 4.78 is 10.3. The van der Waals surface area contributed by atoms with Crippen LogP contribution >= 0.6 is 11.6 Å². The Morgan fingerprint density at radius 2 is 2.06 bits per heavy atom. The summed E-state index contributed by atoms with van der Waals surface area (Å²) in [5.41, 5.74) is 1.01. The molecule has 0 aliphatic carbocycles. The van der Waals surface area contributed by atoms with E-state index in [9.17, 15) is 4.79 Å². The van der Waals surface area contributed by atoms with Gasteiger partial charge in [-0.3, -0.25) is 4.79 Å². The molecule has 1 amide bonds. The minimum absolute atomic E-state index is 0.190. The van der Waals surface area contributed by atoms with Crippen LogP contribution < -0.4 is 0 Å². The molecular weight excluding hydrogens is 254 g/mol. The van der Waals surface area contributed by atoms with Gasteiger partial charge in [-0.2, -0.15) is 0 Å². The van der Waals surface area contributed by atoms with E-state index < -0.39 is 0 Å². The van der Waals surface area contributed by atoms with Gasteiger partial charge in [0, 0.05) is 18.6 Å². The first-order valence-electron chi connectivity index (χ1n) is 5.61. The van der Waals surface area contributed by atoms with Crippen LogP contribution in [-0.2, 0) is 20.8 Å². The molecular formula is C13H14ClNO3. The van der Waals surface area contributed by atoms with Crippen molar-refractivity contribution in [2.75, 3.05) is 20.3 Å². The summed E-state index contributed by atoms with van der Waals surface area (Å²) in [7, 11) is 1.72. The third-order valence-electron chi connectivity index (χ3n) is 2.54. The highest BCUT2D eigenvalue weighted by Gasteiger charge is 2.19. The summed E-state index contributed by atoms with van der Waals surface area (Å²) in [5.74, 6) is 0.0577. The first-order chi connectivity index (χ1) is 8.66. The number of likely N-dealkylation sites (N-methyl/N-ethyl adjacent to an activating group) is 1. The highest BCUT2D eigenvalue weighted by Crippen LogP contribution is 2.13. The molecule has 0 atom stereocenters. The summed E-state index contributed by atoms with van der Waals surface area (Å²) >= 11 is 5.81. The summed E-state index contributed by atoms with van der Waals surface area (Å²) in [6, 6.07) is 7.38. The van der Waals surface area contributed by atoms with Crippen molar-refractivity contribution >= 4 is 17.5 Å². The van der Waals surface area contributed by atoms with Gasteiger partial charge in [-0.25, -0.2) is 0 Å². The number of benzene rings is 1. The van der Waals surface area contributed by atoms with E-state index in [4.69, 9.17) is 21.1 Å². The molecule has 0 unspecified atom stereocenters. The zero-order valence-corrected chi connectivity index (χ0v) is 10.8. The van der Waals surface area contributed by atoms with Crippen molar-refractivity contribution in [2.24, 2.45) is 0 Å². The lowest BCUT2D eigenvalue weighted by molar-refractivity contribution is -0.131. The van der Waals surface area contributed by atoms with Gasteiger partial charge >= 0.3 is 0 Å². The fourth-order valence-electron chi connectivity index (χ4n) is 1.60. The quantitative estimate of drug-likeness (QED) is 0.843. The zero-order valence-electron chi connectivity index (χ0n) is 10.1. The van der Waals surface area contributed by atoms with Crippen LogP contribution in [0.2, 0.25) is 5.02 Å². The fourth-order valence-corrected chi connectivity index (χ4v) is 1.73. The standard InChI is InChI=1S/C13H14ClNO3/c1-15(8-10-2-4-11(14)5-3-10)13(16)12-9-17-6-7-18-12/h2-5,9H,6-8H2,1H3. The SMILES string of the molecule is CN(Cc1ccc(Cl)cc1)C(=O)C1=COCCO1. The molecule has 1 heterocycles.